The van der Waals surface area contributed by atoms with Crippen molar-refractivity contribution < 1.29 is 27.5 Å². The molecule has 0 atom stereocenters. The lowest BCUT2D eigenvalue weighted by atomic mass is 10.2. The molecule has 34 heavy (non-hydrogen) atoms. The summed E-state index contributed by atoms with van der Waals surface area (Å²) in [5.41, 5.74) is 1.40. The van der Waals surface area contributed by atoms with Gasteiger partial charge >= 0.3 is 16.2 Å². The van der Waals surface area contributed by atoms with Gasteiger partial charge in [-0.25, -0.2) is 9.78 Å². The molecule has 0 saturated carbocycles. The molecule has 0 unspecified atom stereocenters. The van der Waals surface area contributed by atoms with Gasteiger partial charge in [0.15, 0.2) is 0 Å². The topological polar surface area (TPSA) is 111 Å². The van der Waals surface area contributed by atoms with Crippen LogP contribution in [0, 0.1) is 0 Å². The highest BCUT2D eigenvalue weighted by Gasteiger charge is 2.36. The van der Waals surface area contributed by atoms with Crippen LogP contribution in [-0.2, 0) is 19.8 Å². The number of oxime groups is 1. The fourth-order valence-electron chi connectivity index (χ4n) is 3.43. The minimum Gasteiger partial charge on any atom is -0.494 e. The van der Waals surface area contributed by atoms with Gasteiger partial charge in [-0.2, -0.15) is 12.7 Å². The van der Waals surface area contributed by atoms with E-state index in [1.54, 1.807) is 12.3 Å². The van der Waals surface area contributed by atoms with E-state index < -0.39 is 16.2 Å². The van der Waals surface area contributed by atoms with Crippen LogP contribution in [0.15, 0.2) is 47.8 Å². The van der Waals surface area contributed by atoms with Crippen LogP contribution in [0.1, 0.15) is 42.2 Å². The highest BCUT2D eigenvalue weighted by atomic mass is 32.2. The summed E-state index contributed by atoms with van der Waals surface area (Å²) in [6.45, 7) is 4.11. The van der Waals surface area contributed by atoms with E-state index in [-0.39, 0.29) is 5.69 Å². The van der Waals surface area contributed by atoms with Crippen LogP contribution in [0.2, 0.25) is 0 Å². The number of methoxy groups -OCH3 is 1. The first-order valence-corrected chi connectivity index (χ1v) is 12.6. The maximum absolute atomic E-state index is 12.9. The van der Waals surface area contributed by atoms with Crippen molar-refractivity contribution in [3.8, 4) is 5.75 Å². The molecule has 1 aromatic carbocycles. The van der Waals surface area contributed by atoms with Crippen molar-refractivity contribution in [3.63, 3.8) is 0 Å². The molecule has 0 amide bonds. The molecule has 2 heterocycles. The van der Waals surface area contributed by atoms with E-state index in [0.29, 0.717) is 38.5 Å². The number of ether oxygens (including phenoxy) is 2. The average molecular weight is 491 g/mol. The van der Waals surface area contributed by atoms with Crippen LogP contribution < -0.4 is 9.04 Å². The lowest BCUT2D eigenvalue weighted by molar-refractivity contribution is 0.0594. The normalized spacial score (nSPS) is 15.5. The van der Waals surface area contributed by atoms with E-state index >= 15 is 0 Å². The van der Waals surface area contributed by atoms with Crippen molar-refractivity contribution in [1.29, 1.82) is 0 Å². The number of anilines is 1. The van der Waals surface area contributed by atoms with Crippen molar-refractivity contribution in [3.05, 3.63) is 53.9 Å². The Bertz CT molecular complexity index is 1080. The van der Waals surface area contributed by atoms with Crippen LogP contribution in [0.5, 0.6) is 5.75 Å². The number of carbonyl (C=O) groups is 1. The van der Waals surface area contributed by atoms with Crippen molar-refractivity contribution >= 4 is 28.1 Å². The molecule has 0 N–H and O–H groups in total. The Morgan fingerprint density at radius 3 is 2.68 bits per heavy atom. The summed E-state index contributed by atoms with van der Waals surface area (Å²) in [6, 6.07) is 10.6. The Labute approximate surface area is 200 Å². The lowest BCUT2D eigenvalue weighted by Crippen LogP contribution is -2.33. The zero-order valence-corrected chi connectivity index (χ0v) is 20.2. The minimum absolute atomic E-state index is 0.0712. The van der Waals surface area contributed by atoms with Crippen molar-refractivity contribution in [2.45, 2.75) is 26.2 Å². The number of esters is 1. The minimum atomic E-state index is -3.64. The predicted octanol–water partition coefficient (Wildman–Crippen LogP) is 2.85. The Morgan fingerprint density at radius 1 is 1.15 bits per heavy atom. The van der Waals surface area contributed by atoms with Crippen molar-refractivity contribution in [2.75, 3.05) is 44.3 Å². The van der Waals surface area contributed by atoms with E-state index in [2.05, 4.69) is 14.9 Å². The van der Waals surface area contributed by atoms with Gasteiger partial charge in [-0.3, -0.25) is 4.31 Å². The summed E-state index contributed by atoms with van der Waals surface area (Å²) < 4.78 is 39.1. The second-order valence-electron chi connectivity index (χ2n) is 7.50. The third-order valence-electron chi connectivity index (χ3n) is 5.19. The maximum atomic E-state index is 12.9. The first kappa shape index (κ1) is 25.4. The average Bonchev–Trinajstić information content (AvgIpc) is 3.15. The largest absolute Gasteiger partial charge is 0.494 e. The van der Waals surface area contributed by atoms with Gasteiger partial charge in [-0.15, -0.1) is 0 Å². The molecule has 0 aliphatic carbocycles. The molecule has 11 heteroatoms. The molecule has 184 valence electrons. The summed E-state index contributed by atoms with van der Waals surface area (Å²) in [5, 5.41) is 3.83. The van der Waals surface area contributed by atoms with E-state index in [1.807, 2.05) is 31.2 Å². The van der Waals surface area contributed by atoms with Crippen LogP contribution in [0.3, 0.4) is 0 Å². The molecule has 1 fully saturated rings. The second kappa shape index (κ2) is 12.3. The summed E-state index contributed by atoms with van der Waals surface area (Å²) in [5.74, 6) is 0.166. The van der Waals surface area contributed by atoms with Crippen molar-refractivity contribution in [2.24, 2.45) is 5.16 Å². The number of benzene rings is 1. The zero-order valence-electron chi connectivity index (χ0n) is 19.4. The van der Waals surface area contributed by atoms with Gasteiger partial charge in [0.1, 0.15) is 18.1 Å². The first-order valence-electron chi connectivity index (χ1n) is 11.2. The van der Waals surface area contributed by atoms with E-state index in [4.69, 9.17) is 9.57 Å². The fourth-order valence-corrected chi connectivity index (χ4v) is 5.08. The number of unbranched alkanes of at least 4 members (excludes halogenated alkanes) is 2. The molecule has 3 rings (SSSR count). The van der Waals surface area contributed by atoms with Crippen LogP contribution in [-0.4, -0.2) is 69.8 Å². The molecule has 0 radical (unpaired) electrons. The van der Waals surface area contributed by atoms with Gasteiger partial charge in [-0.05, 0) is 68.1 Å². The fraction of sp³-hybridized carbons (Fsp3) is 0.435. The summed E-state index contributed by atoms with van der Waals surface area (Å²) in [6.07, 6.45) is 5.44. The number of rotatable bonds is 12. The smallest absolute Gasteiger partial charge is 0.356 e. The van der Waals surface area contributed by atoms with E-state index in [1.165, 1.54) is 28.0 Å². The van der Waals surface area contributed by atoms with Gasteiger partial charge in [0.25, 0.3) is 0 Å². The van der Waals surface area contributed by atoms with Crippen LogP contribution >= 0.6 is 0 Å². The third kappa shape index (κ3) is 6.67. The first-order chi connectivity index (χ1) is 16.5. The van der Waals surface area contributed by atoms with Crippen LogP contribution in [0.4, 0.5) is 5.69 Å². The predicted molar refractivity (Wildman–Crippen MR) is 128 cm³/mol. The lowest BCUT2D eigenvalue weighted by Gasteiger charge is -2.20. The number of aromatic nitrogens is 1. The number of hydrogen-bond acceptors (Lipinski definition) is 8. The molecule has 1 saturated heterocycles. The highest BCUT2D eigenvalue weighted by Crippen LogP contribution is 2.26. The molecule has 0 bridgehead atoms. The Hall–Kier alpha value is -3.18. The summed E-state index contributed by atoms with van der Waals surface area (Å²) in [7, 11) is -2.39. The number of pyridine rings is 1. The second-order valence-corrected chi connectivity index (χ2v) is 9.35. The zero-order chi connectivity index (χ0) is 24.4. The summed E-state index contributed by atoms with van der Waals surface area (Å²) >= 11 is 0. The van der Waals surface area contributed by atoms with E-state index in [0.717, 1.165) is 30.6 Å². The number of nitrogens with zero attached hydrogens (tertiary/aromatic N) is 4. The molecule has 1 aliphatic heterocycles. The maximum Gasteiger partial charge on any atom is 0.356 e. The van der Waals surface area contributed by atoms with Gasteiger partial charge in [0.2, 0.25) is 0 Å². The monoisotopic (exact) mass is 490 g/mol. The van der Waals surface area contributed by atoms with E-state index in [9.17, 15) is 13.2 Å². The number of carbonyl (C=O) groups excluding carboxylic acids is 1. The van der Waals surface area contributed by atoms with Crippen LogP contribution in [0.25, 0.3) is 0 Å². The molecule has 10 nitrogen and oxygen atoms in total. The molecule has 1 aromatic heterocycles. The quantitative estimate of drug-likeness (QED) is 0.195. The van der Waals surface area contributed by atoms with Gasteiger partial charge in [0.05, 0.1) is 25.6 Å². The third-order valence-corrected chi connectivity index (χ3v) is 7.16. The number of hydrogen-bond donors (Lipinski definition) is 0. The van der Waals surface area contributed by atoms with Gasteiger partial charge in [0, 0.05) is 25.8 Å². The molecular weight excluding hydrogens is 460 g/mol. The SMILES string of the molecule is CCO/N=C/c1ccc(OCCCCCN2CCN(c3ccnc(C(=O)OC)c3)S2(=O)=O)cc1. The standard InChI is InChI=1S/C23H30N4O6S/c1-3-33-25-18-19-7-9-21(10-8-19)32-16-6-4-5-13-26-14-15-27(34(26,29)30)20-11-12-24-22(17-20)23(28)31-2/h7-12,17-18H,3-6,13-16H2,1-2H3/b25-18+. The highest BCUT2D eigenvalue weighted by molar-refractivity contribution is 7.90. The van der Waals surface area contributed by atoms with Gasteiger partial charge < -0.3 is 14.3 Å². The molecular formula is C23H30N4O6S. The van der Waals surface area contributed by atoms with Gasteiger partial charge in [-0.1, -0.05) is 5.16 Å². The molecule has 1 aliphatic rings. The Morgan fingerprint density at radius 2 is 1.94 bits per heavy atom. The van der Waals surface area contributed by atoms with Crippen molar-refractivity contribution in [1.82, 2.24) is 9.29 Å². The molecule has 0 spiro atoms. The Kier molecular flexibility index (Phi) is 9.23. The summed E-state index contributed by atoms with van der Waals surface area (Å²) in [4.78, 5) is 20.6. The molecule has 2 aromatic rings. The Balaban J connectivity index is 1.41.